The fourth-order valence-corrected chi connectivity index (χ4v) is 2.51. The maximum Gasteiger partial charge on any atom is 0.232 e. The highest BCUT2D eigenvalue weighted by Gasteiger charge is 2.04. The number of rotatable bonds is 9. The minimum Gasteiger partial charge on any atom is -0.377 e. The van der Waals surface area contributed by atoms with Crippen molar-refractivity contribution in [2.24, 2.45) is 0 Å². The van der Waals surface area contributed by atoms with Crippen molar-refractivity contribution >= 4 is 19.7 Å². The molecule has 0 radical (unpaired) electrons. The van der Waals surface area contributed by atoms with Gasteiger partial charge in [-0.3, -0.25) is 0 Å². The third kappa shape index (κ3) is 8.18. The van der Waals surface area contributed by atoms with Gasteiger partial charge in [0.05, 0.1) is 12.4 Å². The average Bonchev–Trinajstić information content (AvgIpc) is 2.33. The molecule has 6 heteroatoms. The first-order chi connectivity index (χ1) is 8.99. The van der Waals surface area contributed by atoms with E-state index in [0.717, 1.165) is 19.3 Å². The van der Waals surface area contributed by atoms with Crippen LogP contribution in [0.2, 0.25) is 0 Å². The van der Waals surface area contributed by atoms with Crippen LogP contribution < -0.4 is 0 Å². The molecule has 0 aliphatic heterocycles. The molecule has 3 nitrogen and oxygen atoms in total. The molecular formula is C13H18ClFO3S. The van der Waals surface area contributed by atoms with E-state index in [2.05, 4.69) is 0 Å². The average molecular weight is 309 g/mol. The van der Waals surface area contributed by atoms with Crippen LogP contribution in [0.1, 0.15) is 31.2 Å². The number of halogens is 2. The summed E-state index contributed by atoms with van der Waals surface area (Å²) in [5, 5.41) is 0. The second-order valence-corrected chi connectivity index (χ2v) is 7.20. The molecule has 0 aromatic heterocycles. The molecule has 19 heavy (non-hydrogen) atoms. The molecule has 0 saturated heterocycles. The molecule has 0 amide bonds. The second kappa shape index (κ2) is 8.51. The molecule has 0 aliphatic carbocycles. The molecule has 0 aliphatic rings. The van der Waals surface area contributed by atoms with Gasteiger partial charge in [-0.25, -0.2) is 12.8 Å². The Morgan fingerprint density at radius 3 is 2.47 bits per heavy atom. The highest BCUT2D eigenvalue weighted by atomic mass is 35.7. The first kappa shape index (κ1) is 16.4. The van der Waals surface area contributed by atoms with Gasteiger partial charge in [0.1, 0.15) is 5.82 Å². The van der Waals surface area contributed by atoms with Crippen LogP contribution in [0.15, 0.2) is 24.3 Å². The normalized spacial score (nSPS) is 11.7. The summed E-state index contributed by atoms with van der Waals surface area (Å²) in [6.45, 7) is 0.810. The molecule has 108 valence electrons. The fourth-order valence-electron chi connectivity index (χ4n) is 1.63. The predicted molar refractivity (Wildman–Crippen MR) is 74.2 cm³/mol. The molecule has 0 fully saturated rings. The SMILES string of the molecule is O=S(=O)(Cl)CCCCCCOCc1ccccc1F. The summed E-state index contributed by atoms with van der Waals surface area (Å²) < 4.78 is 39.9. The van der Waals surface area contributed by atoms with Gasteiger partial charge in [-0.15, -0.1) is 0 Å². The number of unbranched alkanes of at least 4 members (excludes halogenated alkanes) is 3. The number of benzene rings is 1. The Labute approximate surface area is 118 Å². The van der Waals surface area contributed by atoms with Crippen LogP contribution in [0.4, 0.5) is 4.39 Å². The Morgan fingerprint density at radius 2 is 1.79 bits per heavy atom. The standard InChI is InChI=1S/C13H18ClFO3S/c14-19(16,17)10-6-2-1-5-9-18-11-12-7-3-4-8-13(12)15/h3-4,7-8H,1-2,5-6,9-11H2. The van der Waals surface area contributed by atoms with Crippen molar-refractivity contribution in [1.82, 2.24) is 0 Å². The van der Waals surface area contributed by atoms with Crippen molar-refractivity contribution in [1.29, 1.82) is 0 Å². The van der Waals surface area contributed by atoms with E-state index in [4.69, 9.17) is 15.4 Å². The van der Waals surface area contributed by atoms with Gasteiger partial charge in [-0.1, -0.05) is 31.0 Å². The summed E-state index contributed by atoms with van der Waals surface area (Å²) in [4.78, 5) is 0. The van der Waals surface area contributed by atoms with E-state index in [0.29, 0.717) is 18.6 Å². The second-order valence-electron chi connectivity index (χ2n) is 4.30. The summed E-state index contributed by atoms with van der Waals surface area (Å²) in [5.41, 5.74) is 0.552. The minimum absolute atomic E-state index is 0.0185. The Bertz CT molecular complexity index is 477. The van der Waals surface area contributed by atoms with E-state index in [9.17, 15) is 12.8 Å². The van der Waals surface area contributed by atoms with Crippen molar-refractivity contribution < 1.29 is 17.5 Å². The van der Waals surface area contributed by atoms with Crippen LogP contribution in [-0.2, 0) is 20.4 Å². The van der Waals surface area contributed by atoms with Crippen molar-refractivity contribution in [3.05, 3.63) is 35.6 Å². The first-order valence-corrected chi connectivity index (χ1v) is 8.70. The summed E-state index contributed by atoms with van der Waals surface area (Å²) in [6, 6.07) is 6.52. The first-order valence-electron chi connectivity index (χ1n) is 6.22. The molecule has 0 heterocycles. The van der Waals surface area contributed by atoms with E-state index in [1.807, 2.05) is 0 Å². The highest BCUT2D eigenvalue weighted by Crippen LogP contribution is 2.09. The Morgan fingerprint density at radius 1 is 1.11 bits per heavy atom. The van der Waals surface area contributed by atoms with Gasteiger partial charge < -0.3 is 4.74 Å². The molecule has 1 rings (SSSR count). The minimum atomic E-state index is -3.36. The zero-order valence-electron chi connectivity index (χ0n) is 10.6. The Balaban J connectivity index is 2.02. The smallest absolute Gasteiger partial charge is 0.232 e. The van der Waals surface area contributed by atoms with E-state index >= 15 is 0 Å². The van der Waals surface area contributed by atoms with Crippen molar-refractivity contribution in [2.45, 2.75) is 32.3 Å². The lowest BCUT2D eigenvalue weighted by Gasteiger charge is -2.05. The van der Waals surface area contributed by atoms with Gasteiger partial charge in [0.2, 0.25) is 9.05 Å². The van der Waals surface area contributed by atoms with E-state index in [1.165, 1.54) is 6.07 Å². The Hall–Kier alpha value is -0.650. The summed E-state index contributed by atoms with van der Waals surface area (Å²) in [7, 11) is 1.73. The predicted octanol–water partition coefficient (Wildman–Crippen LogP) is 3.47. The molecule has 1 aromatic carbocycles. The van der Waals surface area contributed by atoms with Crippen molar-refractivity contribution in [3.8, 4) is 0 Å². The van der Waals surface area contributed by atoms with Gasteiger partial charge in [0, 0.05) is 22.9 Å². The topological polar surface area (TPSA) is 43.4 Å². The van der Waals surface area contributed by atoms with Crippen LogP contribution in [0, 0.1) is 5.82 Å². The summed E-state index contributed by atoms with van der Waals surface area (Å²) in [5.74, 6) is -0.236. The van der Waals surface area contributed by atoms with Gasteiger partial charge in [-0.2, -0.15) is 0 Å². The van der Waals surface area contributed by atoms with Crippen LogP contribution in [0.3, 0.4) is 0 Å². The number of ether oxygens (including phenoxy) is 1. The van der Waals surface area contributed by atoms with Crippen LogP contribution in [-0.4, -0.2) is 20.8 Å². The van der Waals surface area contributed by atoms with E-state index < -0.39 is 9.05 Å². The third-order valence-corrected chi connectivity index (χ3v) is 3.88. The molecule has 0 N–H and O–H groups in total. The maximum absolute atomic E-state index is 13.2. The molecule has 0 unspecified atom stereocenters. The Kier molecular flexibility index (Phi) is 7.34. The van der Waals surface area contributed by atoms with Crippen LogP contribution in [0.5, 0.6) is 0 Å². The van der Waals surface area contributed by atoms with Gasteiger partial charge in [0.25, 0.3) is 0 Å². The van der Waals surface area contributed by atoms with Crippen LogP contribution >= 0.6 is 10.7 Å². The quantitative estimate of drug-likeness (QED) is 0.518. The highest BCUT2D eigenvalue weighted by molar-refractivity contribution is 8.13. The summed E-state index contributed by atoms with van der Waals surface area (Å²) >= 11 is 0. The largest absolute Gasteiger partial charge is 0.377 e. The van der Waals surface area contributed by atoms with E-state index in [1.54, 1.807) is 18.2 Å². The van der Waals surface area contributed by atoms with E-state index in [-0.39, 0.29) is 18.2 Å². The van der Waals surface area contributed by atoms with Gasteiger partial charge >= 0.3 is 0 Å². The lowest BCUT2D eigenvalue weighted by molar-refractivity contribution is 0.114. The number of hydrogen-bond donors (Lipinski definition) is 0. The molecule has 1 aromatic rings. The molecule has 0 saturated carbocycles. The lowest BCUT2D eigenvalue weighted by Crippen LogP contribution is -1.99. The monoisotopic (exact) mass is 308 g/mol. The lowest BCUT2D eigenvalue weighted by atomic mass is 10.2. The zero-order chi connectivity index (χ0) is 14.1. The third-order valence-electron chi connectivity index (χ3n) is 2.64. The van der Waals surface area contributed by atoms with Crippen LogP contribution in [0.25, 0.3) is 0 Å². The molecule has 0 spiro atoms. The van der Waals surface area contributed by atoms with Gasteiger partial charge in [-0.05, 0) is 18.9 Å². The fraction of sp³-hybridized carbons (Fsp3) is 0.538. The van der Waals surface area contributed by atoms with Crippen molar-refractivity contribution in [2.75, 3.05) is 12.4 Å². The summed E-state index contributed by atoms with van der Waals surface area (Å²) in [6.07, 6.45) is 3.08. The van der Waals surface area contributed by atoms with Crippen molar-refractivity contribution in [3.63, 3.8) is 0 Å². The molecule has 0 atom stereocenters. The zero-order valence-corrected chi connectivity index (χ0v) is 12.2. The van der Waals surface area contributed by atoms with Gasteiger partial charge in [0.15, 0.2) is 0 Å². The maximum atomic E-state index is 13.2. The number of hydrogen-bond acceptors (Lipinski definition) is 3. The molecular weight excluding hydrogens is 291 g/mol. The molecule has 0 bridgehead atoms.